The monoisotopic (exact) mass is 515 g/mol. The highest BCUT2D eigenvalue weighted by atomic mass is 127. The first kappa shape index (κ1) is 25.7. The molecule has 2 atom stereocenters. The molecule has 1 aliphatic heterocycles. The maximum Gasteiger partial charge on any atom is 0.226 e. The van der Waals surface area contributed by atoms with Gasteiger partial charge in [0.15, 0.2) is 5.96 Å². The molecule has 1 saturated heterocycles. The van der Waals surface area contributed by atoms with E-state index in [0.29, 0.717) is 24.5 Å². The summed E-state index contributed by atoms with van der Waals surface area (Å²) >= 11 is 0. The van der Waals surface area contributed by atoms with Gasteiger partial charge < -0.3 is 16.0 Å². The Morgan fingerprint density at radius 1 is 1.17 bits per heavy atom. The summed E-state index contributed by atoms with van der Waals surface area (Å²) in [6, 6.07) is 8.89. The van der Waals surface area contributed by atoms with Crippen molar-refractivity contribution in [1.82, 2.24) is 15.5 Å². The van der Waals surface area contributed by atoms with Gasteiger partial charge in [-0.25, -0.2) is 4.99 Å². The zero-order valence-electron chi connectivity index (χ0n) is 18.7. The summed E-state index contributed by atoms with van der Waals surface area (Å²) in [5.74, 6) is 1.46. The van der Waals surface area contributed by atoms with Gasteiger partial charge in [0.25, 0.3) is 0 Å². The van der Waals surface area contributed by atoms with Crippen molar-refractivity contribution in [3.8, 4) is 0 Å². The minimum absolute atomic E-state index is 0. The van der Waals surface area contributed by atoms with Gasteiger partial charge in [-0.05, 0) is 44.4 Å². The fraction of sp³-hybridized carbons (Fsp3) is 0.636. The van der Waals surface area contributed by atoms with Crippen LogP contribution in [0.5, 0.6) is 0 Å². The molecule has 1 amide bonds. The Labute approximate surface area is 193 Å². The van der Waals surface area contributed by atoms with Crippen molar-refractivity contribution in [1.29, 1.82) is 0 Å². The number of nitrogens with one attached hydrogen (secondary N) is 3. The van der Waals surface area contributed by atoms with Gasteiger partial charge >= 0.3 is 0 Å². The van der Waals surface area contributed by atoms with Crippen molar-refractivity contribution >= 4 is 41.5 Å². The molecule has 1 aromatic carbocycles. The van der Waals surface area contributed by atoms with E-state index in [0.717, 1.165) is 36.8 Å². The van der Waals surface area contributed by atoms with E-state index in [1.165, 1.54) is 0 Å². The predicted octanol–water partition coefficient (Wildman–Crippen LogP) is 3.68. The van der Waals surface area contributed by atoms with Crippen molar-refractivity contribution in [2.45, 2.75) is 60.2 Å². The van der Waals surface area contributed by atoms with Crippen LogP contribution in [0.3, 0.4) is 0 Å². The minimum atomic E-state index is -0.0253. The molecule has 3 N–H and O–H groups in total. The van der Waals surface area contributed by atoms with Crippen molar-refractivity contribution in [2.75, 3.05) is 25.0 Å². The summed E-state index contributed by atoms with van der Waals surface area (Å²) < 4.78 is 0. The lowest BCUT2D eigenvalue weighted by Gasteiger charge is -2.22. The number of likely N-dealkylation sites (tertiary alicyclic amines) is 1. The molecule has 2 unspecified atom stereocenters. The van der Waals surface area contributed by atoms with Gasteiger partial charge in [0, 0.05) is 43.3 Å². The fourth-order valence-electron chi connectivity index (χ4n) is 3.26. The standard InChI is InChI=1S/C22H37N5O.HI/c1-7-23-22(26-20-14-27(16(4)5)13-17(20)6)24-12-18-8-10-19(11-9-18)25-21(28)15(2)3;/h8-11,15-17,20H,7,12-14H2,1-6H3,(H,25,28)(H2,23,24,26);1H. The van der Waals surface area contributed by atoms with Crippen molar-refractivity contribution < 1.29 is 4.79 Å². The van der Waals surface area contributed by atoms with E-state index in [-0.39, 0.29) is 35.8 Å². The van der Waals surface area contributed by atoms with E-state index in [2.05, 4.69) is 48.5 Å². The van der Waals surface area contributed by atoms with Crippen LogP contribution in [-0.2, 0) is 11.3 Å². The molecule has 1 aromatic rings. The van der Waals surface area contributed by atoms with Gasteiger partial charge in [-0.2, -0.15) is 0 Å². The number of hydrogen-bond acceptors (Lipinski definition) is 3. The number of anilines is 1. The highest BCUT2D eigenvalue weighted by molar-refractivity contribution is 14.0. The van der Waals surface area contributed by atoms with Crippen LogP contribution in [0.2, 0.25) is 0 Å². The van der Waals surface area contributed by atoms with Gasteiger partial charge in [-0.3, -0.25) is 9.69 Å². The van der Waals surface area contributed by atoms with Crippen LogP contribution < -0.4 is 16.0 Å². The number of halogens is 1. The Bertz CT molecular complexity index is 660. The maximum atomic E-state index is 11.8. The summed E-state index contributed by atoms with van der Waals surface area (Å²) in [4.78, 5) is 19.1. The molecule has 0 radical (unpaired) electrons. The van der Waals surface area contributed by atoms with E-state index >= 15 is 0 Å². The second-order valence-electron chi connectivity index (χ2n) is 8.31. The molecule has 1 aliphatic rings. The molecular weight excluding hydrogens is 477 g/mol. The largest absolute Gasteiger partial charge is 0.357 e. The summed E-state index contributed by atoms with van der Waals surface area (Å²) in [7, 11) is 0. The average molecular weight is 515 g/mol. The molecule has 7 heteroatoms. The maximum absolute atomic E-state index is 11.8. The molecule has 0 spiro atoms. The van der Waals surface area contributed by atoms with E-state index in [4.69, 9.17) is 4.99 Å². The summed E-state index contributed by atoms with van der Waals surface area (Å²) in [6.45, 7) is 16.3. The molecule has 0 aromatic heterocycles. The number of guanidine groups is 1. The third kappa shape index (κ3) is 8.12. The number of aliphatic imine (C=N–C) groups is 1. The molecule has 0 bridgehead atoms. The number of carbonyl (C=O) groups is 1. The van der Waals surface area contributed by atoms with Crippen molar-refractivity contribution in [2.24, 2.45) is 16.8 Å². The lowest BCUT2D eigenvalue weighted by Crippen LogP contribution is -2.46. The minimum Gasteiger partial charge on any atom is -0.357 e. The van der Waals surface area contributed by atoms with Crippen LogP contribution in [0.25, 0.3) is 0 Å². The fourth-order valence-corrected chi connectivity index (χ4v) is 3.26. The first-order valence-corrected chi connectivity index (χ1v) is 10.5. The van der Waals surface area contributed by atoms with Crippen molar-refractivity contribution in [3.63, 3.8) is 0 Å². The van der Waals surface area contributed by atoms with Crippen LogP contribution >= 0.6 is 24.0 Å². The second kappa shape index (κ2) is 12.4. The number of hydrogen-bond donors (Lipinski definition) is 3. The normalized spacial score (nSPS) is 19.9. The smallest absolute Gasteiger partial charge is 0.226 e. The quantitative estimate of drug-likeness (QED) is 0.295. The Kier molecular flexibility index (Phi) is 11.0. The Morgan fingerprint density at radius 3 is 2.34 bits per heavy atom. The third-order valence-electron chi connectivity index (χ3n) is 5.20. The summed E-state index contributed by atoms with van der Waals surface area (Å²) in [6.07, 6.45) is 0. The van der Waals surface area contributed by atoms with E-state index < -0.39 is 0 Å². The highest BCUT2D eigenvalue weighted by Gasteiger charge is 2.31. The third-order valence-corrected chi connectivity index (χ3v) is 5.20. The van der Waals surface area contributed by atoms with E-state index in [9.17, 15) is 4.79 Å². The van der Waals surface area contributed by atoms with Gasteiger partial charge in [-0.1, -0.05) is 32.9 Å². The van der Waals surface area contributed by atoms with Crippen LogP contribution in [0.15, 0.2) is 29.3 Å². The first-order valence-electron chi connectivity index (χ1n) is 10.5. The topological polar surface area (TPSA) is 68.8 Å². The molecule has 0 saturated carbocycles. The van der Waals surface area contributed by atoms with Gasteiger partial charge in [-0.15, -0.1) is 24.0 Å². The zero-order chi connectivity index (χ0) is 20.7. The number of rotatable bonds is 7. The lowest BCUT2D eigenvalue weighted by atomic mass is 10.1. The van der Waals surface area contributed by atoms with E-state index in [1.54, 1.807) is 0 Å². The molecular formula is C22H38IN5O. The second-order valence-corrected chi connectivity index (χ2v) is 8.31. The van der Waals surface area contributed by atoms with Crippen LogP contribution in [-0.4, -0.2) is 48.5 Å². The lowest BCUT2D eigenvalue weighted by molar-refractivity contribution is -0.118. The van der Waals surface area contributed by atoms with Crippen LogP contribution in [0.1, 0.15) is 47.1 Å². The predicted molar refractivity (Wildman–Crippen MR) is 133 cm³/mol. The van der Waals surface area contributed by atoms with Gasteiger partial charge in [0.05, 0.1) is 6.54 Å². The van der Waals surface area contributed by atoms with Crippen LogP contribution in [0, 0.1) is 11.8 Å². The number of benzene rings is 1. The van der Waals surface area contributed by atoms with E-state index in [1.807, 2.05) is 38.1 Å². The van der Waals surface area contributed by atoms with Gasteiger partial charge in [0.1, 0.15) is 0 Å². The summed E-state index contributed by atoms with van der Waals surface area (Å²) in [5.41, 5.74) is 1.94. The Hall–Kier alpha value is -1.35. The zero-order valence-corrected chi connectivity index (χ0v) is 21.0. The Morgan fingerprint density at radius 2 is 1.83 bits per heavy atom. The van der Waals surface area contributed by atoms with Crippen LogP contribution in [0.4, 0.5) is 5.69 Å². The average Bonchev–Trinajstić information content (AvgIpc) is 3.02. The summed E-state index contributed by atoms with van der Waals surface area (Å²) in [5, 5.41) is 9.89. The molecule has 164 valence electrons. The van der Waals surface area contributed by atoms with Crippen molar-refractivity contribution in [3.05, 3.63) is 29.8 Å². The molecule has 1 fully saturated rings. The molecule has 6 nitrogen and oxygen atoms in total. The molecule has 0 aliphatic carbocycles. The highest BCUT2D eigenvalue weighted by Crippen LogP contribution is 2.18. The number of amides is 1. The number of nitrogens with zero attached hydrogens (tertiary/aromatic N) is 2. The molecule has 2 rings (SSSR count). The first-order chi connectivity index (χ1) is 13.3. The SMILES string of the molecule is CCNC(=NCc1ccc(NC(=O)C(C)C)cc1)NC1CN(C(C)C)CC1C.I. The van der Waals surface area contributed by atoms with Gasteiger partial charge in [0.2, 0.25) is 5.91 Å². The Balaban J connectivity index is 0.00000420. The molecule has 29 heavy (non-hydrogen) atoms. The number of carbonyl (C=O) groups excluding carboxylic acids is 1. The molecule has 1 heterocycles.